The Hall–Kier alpha value is -2.15. The molecule has 4 rings (SSSR count). The fourth-order valence-corrected chi connectivity index (χ4v) is 4.83. The summed E-state index contributed by atoms with van der Waals surface area (Å²) in [4.78, 5) is 9.48. The van der Waals surface area contributed by atoms with Gasteiger partial charge in [-0.15, -0.1) is 0 Å². The summed E-state index contributed by atoms with van der Waals surface area (Å²) in [5.74, 6) is 0.814. The number of piperidine rings is 1. The molecular formula is C22H27N3O2S. The number of aliphatic hydroxyl groups is 1. The zero-order chi connectivity index (χ0) is 19.5. The third kappa shape index (κ3) is 4.14. The summed E-state index contributed by atoms with van der Waals surface area (Å²) in [5.41, 5.74) is 2.02. The van der Waals surface area contributed by atoms with E-state index in [1.165, 1.54) is 4.70 Å². The number of hydrogen-bond acceptors (Lipinski definition) is 6. The third-order valence-corrected chi connectivity index (χ3v) is 6.75. The zero-order valence-electron chi connectivity index (χ0n) is 16.4. The van der Waals surface area contributed by atoms with Crippen LogP contribution < -0.4 is 9.64 Å². The van der Waals surface area contributed by atoms with Gasteiger partial charge < -0.3 is 19.6 Å². The van der Waals surface area contributed by atoms with Gasteiger partial charge in [0.2, 0.25) is 0 Å². The lowest BCUT2D eigenvalue weighted by molar-refractivity contribution is 0.0972. The fraction of sp³-hybridized carbons (Fsp3) is 0.409. The summed E-state index contributed by atoms with van der Waals surface area (Å²) in [6, 6.07) is 16.5. The maximum atomic E-state index is 10.6. The predicted octanol–water partition coefficient (Wildman–Crippen LogP) is 3.94. The van der Waals surface area contributed by atoms with Crippen LogP contribution in [0.4, 0.5) is 5.13 Å². The van der Waals surface area contributed by atoms with Gasteiger partial charge in [-0.25, -0.2) is 4.98 Å². The molecule has 1 fully saturated rings. The largest absolute Gasteiger partial charge is 0.497 e. The standard InChI is InChI=1S/C22H27N3O2S/c1-24(22-23-19-5-3-4-6-21(19)28-22)17-11-13-25(14-12-17)15-20(26)16-7-9-18(27-2)10-8-16/h3-10,17,20,26H,11-15H2,1-2H3. The minimum Gasteiger partial charge on any atom is -0.497 e. The third-order valence-electron chi connectivity index (χ3n) is 5.62. The summed E-state index contributed by atoms with van der Waals surface area (Å²) in [6.45, 7) is 2.66. The topological polar surface area (TPSA) is 48.8 Å². The quantitative estimate of drug-likeness (QED) is 0.683. The minimum atomic E-state index is -0.468. The average molecular weight is 398 g/mol. The van der Waals surface area contributed by atoms with Gasteiger partial charge in [-0.3, -0.25) is 0 Å². The van der Waals surface area contributed by atoms with Crippen molar-refractivity contribution in [3.05, 3.63) is 54.1 Å². The number of benzene rings is 2. The first kappa shape index (κ1) is 19.2. The van der Waals surface area contributed by atoms with Crippen LogP contribution >= 0.6 is 11.3 Å². The van der Waals surface area contributed by atoms with Gasteiger partial charge in [0.1, 0.15) is 5.75 Å². The first-order valence-electron chi connectivity index (χ1n) is 9.77. The molecule has 0 aliphatic carbocycles. The van der Waals surface area contributed by atoms with Crippen LogP contribution in [0.2, 0.25) is 0 Å². The number of thiazole rings is 1. The molecule has 0 saturated carbocycles. The van der Waals surface area contributed by atoms with Crippen LogP contribution in [-0.2, 0) is 0 Å². The van der Waals surface area contributed by atoms with Crippen LogP contribution in [0.5, 0.6) is 5.75 Å². The molecule has 0 amide bonds. The highest BCUT2D eigenvalue weighted by molar-refractivity contribution is 7.22. The number of anilines is 1. The Morgan fingerprint density at radius 2 is 1.89 bits per heavy atom. The molecule has 1 atom stereocenters. The average Bonchev–Trinajstić information content (AvgIpc) is 3.18. The molecule has 0 spiro atoms. The smallest absolute Gasteiger partial charge is 0.186 e. The van der Waals surface area contributed by atoms with Crippen LogP contribution in [-0.4, -0.2) is 54.8 Å². The Morgan fingerprint density at radius 3 is 2.57 bits per heavy atom. The van der Waals surface area contributed by atoms with E-state index >= 15 is 0 Å². The lowest BCUT2D eigenvalue weighted by atomic mass is 10.0. The van der Waals surface area contributed by atoms with E-state index in [0.717, 1.165) is 47.9 Å². The summed E-state index contributed by atoms with van der Waals surface area (Å²) in [6.07, 6.45) is 1.70. The number of para-hydroxylation sites is 1. The van der Waals surface area contributed by atoms with Gasteiger partial charge in [0.05, 0.1) is 23.4 Å². The van der Waals surface area contributed by atoms with E-state index in [0.29, 0.717) is 12.6 Å². The Morgan fingerprint density at radius 1 is 1.18 bits per heavy atom. The highest BCUT2D eigenvalue weighted by Gasteiger charge is 2.25. The van der Waals surface area contributed by atoms with Gasteiger partial charge in [0, 0.05) is 32.7 Å². The minimum absolute atomic E-state index is 0.468. The molecule has 1 N–H and O–H groups in total. The number of fused-ring (bicyclic) bond motifs is 1. The number of ether oxygens (including phenoxy) is 1. The maximum absolute atomic E-state index is 10.6. The number of rotatable bonds is 6. The molecule has 0 radical (unpaired) electrons. The van der Waals surface area contributed by atoms with E-state index in [-0.39, 0.29) is 0 Å². The van der Waals surface area contributed by atoms with Crippen LogP contribution in [0.1, 0.15) is 24.5 Å². The molecule has 1 aliphatic heterocycles. The molecule has 6 heteroatoms. The van der Waals surface area contributed by atoms with E-state index in [9.17, 15) is 5.11 Å². The molecule has 5 nitrogen and oxygen atoms in total. The van der Waals surface area contributed by atoms with Gasteiger partial charge in [-0.2, -0.15) is 0 Å². The Kier molecular flexibility index (Phi) is 5.80. The summed E-state index contributed by atoms with van der Waals surface area (Å²) in [7, 11) is 3.81. The lowest BCUT2D eigenvalue weighted by Gasteiger charge is -2.37. The van der Waals surface area contributed by atoms with E-state index < -0.39 is 6.10 Å². The van der Waals surface area contributed by atoms with Gasteiger partial charge in [0.25, 0.3) is 0 Å². The number of nitrogens with zero attached hydrogens (tertiary/aromatic N) is 3. The molecule has 1 unspecified atom stereocenters. The van der Waals surface area contributed by atoms with Crippen LogP contribution in [0.25, 0.3) is 10.2 Å². The molecule has 2 aromatic carbocycles. The van der Waals surface area contributed by atoms with Crippen molar-refractivity contribution in [3.8, 4) is 5.75 Å². The first-order chi connectivity index (χ1) is 13.6. The summed E-state index contributed by atoms with van der Waals surface area (Å²) < 4.78 is 6.43. The Bertz CT molecular complexity index is 871. The molecule has 1 saturated heterocycles. The van der Waals surface area contributed by atoms with Gasteiger partial charge in [0.15, 0.2) is 5.13 Å². The molecule has 2 heterocycles. The van der Waals surface area contributed by atoms with Crippen molar-refractivity contribution in [2.75, 3.05) is 38.7 Å². The predicted molar refractivity (Wildman–Crippen MR) is 115 cm³/mol. The van der Waals surface area contributed by atoms with E-state index in [2.05, 4.69) is 35.0 Å². The molecule has 28 heavy (non-hydrogen) atoms. The lowest BCUT2D eigenvalue weighted by Crippen LogP contribution is -2.44. The van der Waals surface area contributed by atoms with E-state index in [1.54, 1.807) is 18.4 Å². The molecular weight excluding hydrogens is 370 g/mol. The summed E-state index contributed by atoms with van der Waals surface area (Å²) >= 11 is 1.76. The fourth-order valence-electron chi connectivity index (χ4n) is 3.83. The zero-order valence-corrected chi connectivity index (χ0v) is 17.2. The van der Waals surface area contributed by atoms with E-state index in [4.69, 9.17) is 9.72 Å². The normalized spacial score (nSPS) is 17.0. The highest BCUT2D eigenvalue weighted by atomic mass is 32.1. The second-order valence-electron chi connectivity index (χ2n) is 7.40. The van der Waals surface area contributed by atoms with Crippen LogP contribution in [0.15, 0.2) is 48.5 Å². The van der Waals surface area contributed by atoms with E-state index in [1.807, 2.05) is 30.3 Å². The summed E-state index contributed by atoms with van der Waals surface area (Å²) in [5, 5.41) is 11.7. The number of likely N-dealkylation sites (tertiary alicyclic amines) is 1. The second-order valence-corrected chi connectivity index (χ2v) is 8.40. The van der Waals surface area contributed by atoms with Crippen molar-refractivity contribution < 1.29 is 9.84 Å². The van der Waals surface area contributed by atoms with Gasteiger partial charge >= 0.3 is 0 Å². The number of methoxy groups -OCH3 is 1. The van der Waals surface area contributed by atoms with Crippen LogP contribution in [0.3, 0.4) is 0 Å². The first-order valence-corrected chi connectivity index (χ1v) is 10.6. The molecule has 0 bridgehead atoms. The Labute approximate surface area is 170 Å². The number of hydrogen-bond donors (Lipinski definition) is 1. The van der Waals surface area contributed by atoms with Gasteiger partial charge in [-0.1, -0.05) is 35.6 Å². The van der Waals surface area contributed by atoms with Crippen molar-refractivity contribution in [3.63, 3.8) is 0 Å². The molecule has 1 aromatic heterocycles. The SMILES string of the molecule is COc1ccc(C(O)CN2CCC(N(C)c3nc4ccccc4s3)CC2)cc1. The van der Waals surface area contributed by atoms with Crippen LogP contribution in [0, 0.1) is 0 Å². The molecule has 1 aliphatic rings. The van der Waals surface area contributed by atoms with Crippen molar-refractivity contribution in [2.24, 2.45) is 0 Å². The van der Waals surface area contributed by atoms with Gasteiger partial charge in [-0.05, 0) is 42.7 Å². The second kappa shape index (κ2) is 8.47. The van der Waals surface area contributed by atoms with Crippen molar-refractivity contribution in [1.29, 1.82) is 0 Å². The Balaban J connectivity index is 1.32. The number of aromatic nitrogens is 1. The van der Waals surface area contributed by atoms with Crippen molar-refractivity contribution in [1.82, 2.24) is 9.88 Å². The monoisotopic (exact) mass is 397 g/mol. The maximum Gasteiger partial charge on any atom is 0.186 e. The number of β-amino-alcohol motifs (C(OH)–C–C–N with tert-alkyl or cyclic N) is 1. The van der Waals surface area contributed by atoms with Crippen molar-refractivity contribution in [2.45, 2.75) is 25.0 Å². The number of aliphatic hydroxyl groups excluding tert-OH is 1. The van der Waals surface area contributed by atoms with Crippen molar-refractivity contribution >= 4 is 26.7 Å². The molecule has 148 valence electrons. The molecule has 3 aromatic rings. The highest BCUT2D eigenvalue weighted by Crippen LogP contribution is 2.31.